The molecule has 132 valence electrons. The molecule has 1 unspecified atom stereocenters. The summed E-state index contributed by atoms with van der Waals surface area (Å²) in [6, 6.07) is 5.36. The molecule has 3 heterocycles. The van der Waals surface area contributed by atoms with Gasteiger partial charge in [0.05, 0.1) is 25.0 Å². The average Bonchev–Trinajstić information content (AvgIpc) is 3.22. The molecule has 1 atom stereocenters. The summed E-state index contributed by atoms with van der Waals surface area (Å²) in [4.78, 5) is 29.4. The number of pyridine rings is 1. The zero-order valence-corrected chi connectivity index (χ0v) is 14.3. The number of carbonyl (C=O) groups excluding carboxylic acids is 2. The molecule has 0 saturated carbocycles. The number of nitrogens with one attached hydrogen (secondary N) is 1. The maximum atomic E-state index is 12.5. The second-order valence-corrected chi connectivity index (χ2v) is 6.11. The summed E-state index contributed by atoms with van der Waals surface area (Å²) in [5, 5.41) is 2.71. The molecule has 1 fully saturated rings. The van der Waals surface area contributed by atoms with Gasteiger partial charge in [0.15, 0.2) is 5.76 Å². The van der Waals surface area contributed by atoms with Crippen molar-refractivity contribution in [3.63, 3.8) is 0 Å². The Bertz CT molecular complexity index is 771. The summed E-state index contributed by atoms with van der Waals surface area (Å²) in [5.41, 5.74) is 1.57. The first kappa shape index (κ1) is 17.0. The molecule has 1 saturated heterocycles. The molecular formula is C18H21N3O4. The summed E-state index contributed by atoms with van der Waals surface area (Å²) in [7, 11) is 0. The van der Waals surface area contributed by atoms with Gasteiger partial charge in [-0.05, 0) is 19.1 Å². The first-order valence-corrected chi connectivity index (χ1v) is 8.22. The van der Waals surface area contributed by atoms with Crippen LogP contribution in [0.2, 0.25) is 0 Å². The van der Waals surface area contributed by atoms with Gasteiger partial charge < -0.3 is 19.4 Å². The van der Waals surface area contributed by atoms with Crippen molar-refractivity contribution in [2.45, 2.75) is 32.9 Å². The minimum atomic E-state index is -0.105. The molecular weight excluding hydrogens is 322 g/mol. The molecule has 3 rings (SSSR count). The topological polar surface area (TPSA) is 84.7 Å². The largest absolute Gasteiger partial charge is 0.488 e. The quantitative estimate of drug-likeness (QED) is 0.896. The van der Waals surface area contributed by atoms with Gasteiger partial charge in [0, 0.05) is 37.7 Å². The van der Waals surface area contributed by atoms with E-state index in [1.807, 2.05) is 6.92 Å². The smallest absolute Gasteiger partial charge is 0.289 e. The van der Waals surface area contributed by atoms with Gasteiger partial charge in [-0.2, -0.15) is 0 Å². The van der Waals surface area contributed by atoms with Crippen molar-refractivity contribution >= 4 is 11.8 Å². The van der Waals surface area contributed by atoms with Gasteiger partial charge in [-0.15, -0.1) is 0 Å². The van der Waals surface area contributed by atoms with E-state index < -0.39 is 0 Å². The second-order valence-electron chi connectivity index (χ2n) is 6.11. The Morgan fingerprint density at radius 1 is 1.44 bits per heavy atom. The van der Waals surface area contributed by atoms with Crippen molar-refractivity contribution in [3.05, 3.63) is 47.7 Å². The Labute approximate surface area is 146 Å². The third-order valence-electron chi connectivity index (χ3n) is 4.10. The van der Waals surface area contributed by atoms with E-state index in [2.05, 4.69) is 10.3 Å². The highest BCUT2D eigenvalue weighted by atomic mass is 16.5. The van der Waals surface area contributed by atoms with Gasteiger partial charge in [0.25, 0.3) is 5.91 Å². The highest BCUT2D eigenvalue weighted by molar-refractivity contribution is 5.93. The fraction of sp³-hybridized carbons (Fsp3) is 0.389. The number of amides is 2. The molecule has 0 radical (unpaired) electrons. The third kappa shape index (κ3) is 4.17. The summed E-state index contributed by atoms with van der Waals surface area (Å²) in [6.07, 6.45) is 3.86. The van der Waals surface area contributed by atoms with Crippen LogP contribution in [-0.2, 0) is 11.3 Å². The van der Waals surface area contributed by atoms with Crippen molar-refractivity contribution in [1.82, 2.24) is 15.2 Å². The molecule has 2 aromatic rings. The van der Waals surface area contributed by atoms with Crippen LogP contribution in [0.15, 0.2) is 35.1 Å². The lowest BCUT2D eigenvalue weighted by Crippen LogP contribution is -2.31. The Balaban J connectivity index is 1.58. The van der Waals surface area contributed by atoms with E-state index in [0.717, 1.165) is 17.7 Å². The number of rotatable bonds is 5. The number of hydrogen-bond acceptors (Lipinski definition) is 5. The fourth-order valence-electron chi connectivity index (χ4n) is 2.78. The molecule has 0 spiro atoms. The summed E-state index contributed by atoms with van der Waals surface area (Å²) >= 11 is 0. The van der Waals surface area contributed by atoms with E-state index in [1.165, 1.54) is 13.2 Å². The molecule has 0 aliphatic carbocycles. The van der Waals surface area contributed by atoms with Crippen LogP contribution in [0, 0.1) is 6.92 Å². The van der Waals surface area contributed by atoms with Crippen molar-refractivity contribution in [1.29, 1.82) is 0 Å². The van der Waals surface area contributed by atoms with Crippen LogP contribution in [0.1, 0.15) is 35.2 Å². The summed E-state index contributed by atoms with van der Waals surface area (Å²) in [6.45, 7) is 4.83. The Morgan fingerprint density at radius 2 is 2.28 bits per heavy atom. The zero-order chi connectivity index (χ0) is 17.8. The van der Waals surface area contributed by atoms with Gasteiger partial charge >= 0.3 is 0 Å². The van der Waals surface area contributed by atoms with Crippen molar-refractivity contribution < 1.29 is 18.7 Å². The van der Waals surface area contributed by atoms with Crippen molar-refractivity contribution in [2.75, 3.05) is 13.1 Å². The highest BCUT2D eigenvalue weighted by Crippen LogP contribution is 2.21. The fourth-order valence-corrected chi connectivity index (χ4v) is 2.78. The zero-order valence-electron chi connectivity index (χ0n) is 14.3. The number of hydrogen-bond donors (Lipinski definition) is 1. The first-order valence-electron chi connectivity index (χ1n) is 8.22. The molecule has 1 aliphatic heterocycles. The monoisotopic (exact) mass is 343 g/mol. The SMILES string of the molecule is CC(=O)NCc1cc(OC2CCN(C(=O)c3occc3C)C2)ccn1. The molecule has 1 aliphatic rings. The molecule has 0 aromatic carbocycles. The molecule has 7 heteroatoms. The second kappa shape index (κ2) is 7.38. The van der Waals surface area contributed by atoms with Gasteiger partial charge in [0.2, 0.25) is 5.91 Å². The van der Waals surface area contributed by atoms with Gasteiger partial charge in [-0.25, -0.2) is 0 Å². The van der Waals surface area contributed by atoms with E-state index in [1.54, 1.807) is 29.3 Å². The number of aryl methyl sites for hydroxylation is 1. The third-order valence-corrected chi connectivity index (χ3v) is 4.10. The molecule has 7 nitrogen and oxygen atoms in total. The van der Waals surface area contributed by atoms with Crippen LogP contribution in [0.4, 0.5) is 0 Å². The number of furan rings is 1. The maximum Gasteiger partial charge on any atom is 0.289 e. The van der Waals surface area contributed by atoms with Crippen LogP contribution in [-0.4, -0.2) is 40.9 Å². The van der Waals surface area contributed by atoms with Gasteiger partial charge in [0.1, 0.15) is 11.9 Å². The Kier molecular flexibility index (Phi) is 5.02. The lowest BCUT2D eigenvalue weighted by atomic mass is 10.2. The predicted molar refractivity (Wildman–Crippen MR) is 90.1 cm³/mol. The normalized spacial score (nSPS) is 16.7. The highest BCUT2D eigenvalue weighted by Gasteiger charge is 2.30. The molecule has 2 amide bonds. The number of aromatic nitrogens is 1. The van der Waals surface area contributed by atoms with Crippen molar-refractivity contribution in [3.8, 4) is 5.75 Å². The lowest BCUT2D eigenvalue weighted by Gasteiger charge is -2.17. The van der Waals surface area contributed by atoms with Crippen LogP contribution in [0.5, 0.6) is 5.75 Å². The summed E-state index contributed by atoms with van der Waals surface area (Å²) < 4.78 is 11.3. The van der Waals surface area contributed by atoms with Crippen LogP contribution < -0.4 is 10.1 Å². The minimum absolute atomic E-state index is 0.0739. The van der Waals surface area contributed by atoms with Crippen LogP contribution in [0.3, 0.4) is 0 Å². The van der Waals surface area contributed by atoms with E-state index >= 15 is 0 Å². The Morgan fingerprint density at radius 3 is 3.00 bits per heavy atom. The van der Waals surface area contributed by atoms with Crippen molar-refractivity contribution in [2.24, 2.45) is 0 Å². The number of ether oxygens (including phenoxy) is 1. The van der Waals surface area contributed by atoms with Gasteiger partial charge in [-0.1, -0.05) is 0 Å². The predicted octanol–water partition coefficient (Wildman–Crippen LogP) is 1.91. The van der Waals surface area contributed by atoms with Crippen LogP contribution >= 0.6 is 0 Å². The number of nitrogens with zero attached hydrogens (tertiary/aromatic N) is 2. The van der Waals surface area contributed by atoms with Crippen LogP contribution in [0.25, 0.3) is 0 Å². The van der Waals surface area contributed by atoms with Gasteiger partial charge in [-0.3, -0.25) is 14.6 Å². The molecule has 2 aromatic heterocycles. The summed E-state index contributed by atoms with van der Waals surface area (Å²) in [5.74, 6) is 0.868. The minimum Gasteiger partial charge on any atom is -0.488 e. The maximum absolute atomic E-state index is 12.5. The molecule has 25 heavy (non-hydrogen) atoms. The van der Waals surface area contributed by atoms with E-state index in [-0.39, 0.29) is 17.9 Å². The number of likely N-dealkylation sites (tertiary alicyclic amines) is 1. The Hall–Kier alpha value is -2.83. The van der Waals surface area contributed by atoms with E-state index in [0.29, 0.717) is 31.1 Å². The first-order chi connectivity index (χ1) is 12.0. The van der Waals surface area contributed by atoms with E-state index in [9.17, 15) is 9.59 Å². The average molecular weight is 343 g/mol. The molecule has 1 N–H and O–H groups in total. The lowest BCUT2D eigenvalue weighted by molar-refractivity contribution is -0.119. The standard InChI is InChI=1S/C18H21N3O4/c1-12-5-8-24-17(12)18(23)21-7-4-16(11-21)25-15-3-6-19-14(9-15)10-20-13(2)22/h3,5-6,8-9,16H,4,7,10-11H2,1-2H3,(H,20,22). The molecule has 0 bridgehead atoms. The van der Waals surface area contributed by atoms with E-state index in [4.69, 9.17) is 9.15 Å². The number of carbonyl (C=O) groups is 2.